The van der Waals surface area contributed by atoms with E-state index in [2.05, 4.69) is 0 Å². The Morgan fingerprint density at radius 2 is 1.81 bits per heavy atom. The second-order valence-electron chi connectivity index (χ2n) is 8.44. The highest BCUT2D eigenvalue weighted by molar-refractivity contribution is 6.50. The summed E-state index contributed by atoms with van der Waals surface area (Å²) >= 11 is 0. The quantitative estimate of drug-likeness (QED) is 0.334. The number of esters is 1. The van der Waals surface area contributed by atoms with Crippen molar-refractivity contribution in [3.63, 3.8) is 0 Å². The lowest BCUT2D eigenvalue weighted by molar-refractivity contribution is -0.238. The molecule has 2 aromatic carbocycles. The number of allylic oxidation sites excluding steroid dienone is 1. The van der Waals surface area contributed by atoms with Crippen molar-refractivity contribution in [2.24, 2.45) is 11.7 Å². The predicted octanol–water partition coefficient (Wildman–Crippen LogP) is 3.51. The highest BCUT2D eigenvalue weighted by Crippen LogP contribution is 2.51. The summed E-state index contributed by atoms with van der Waals surface area (Å²) in [4.78, 5) is 47.0. The highest BCUT2D eigenvalue weighted by atomic mass is 16.8. The molecule has 0 aromatic heterocycles. The standard InChI is InChI=1S/C25H27N2O5/c1-5-31-24(30)25(15(2)3)23(29)22(28)18-12-9-13-19-20(18)21(26)16(4)27(19,32-25)14-17-10-7-6-8-11-17/h6-13,15H,5,14,26H2,1-4H3/q+1. The van der Waals surface area contributed by atoms with E-state index in [0.29, 0.717) is 22.6 Å². The van der Waals surface area contributed by atoms with Gasteiger partial charge in [-0.25, -0.2) is 4.79 Å². The van der Waals surface area contributed by atoms with Crippen molar-refractivity contribution < 1.29 is 24.0 Å². The largest absolute Gasteiger partial charge is 0.463 e. The Labute approximate surface area is 187 Å². The molecule has 0 saturated heterocycles. The molecule has 0 amide bonds. The van der Waals surface area contributed by atoms with Crippen LogP contribution in [0.15, 0.2) is 54.2 Å². The first-order valence-electron chi connectivity index (χ1n) is 10.7. The molecule has 0 fully saturated rings. The van der Waals surface area contributed by atoms with Gasteiger partial charge in [0.05, 0.1) is 12.2 Å². The lowest BCUT2D eigenvalue weighted by Crippen LogP contribution is -2.65. The number of rotatable bonds is 5. The smallest absolute Gasteiger partial charge is 0.353 e. The summed E-state index contributed by atoms with van der Waals surface area (Å²) in [5.41, 5.74) is 7.56. The van der Waals surface area contributed by atoms with Gasteiger partial charge in [0.15, 0.2) is 11.4 Å². The predicted molar refractivity (Wildman–Crippen MR) is 120 cm³/mol. The molecule has 0 saturated carbocycles. The molecular formula is C25H27N2O5+. The number of ketones is 2. The third-order valence-electron chi connectivity index (χ3n) is 6.36. The fourth-order valence-electron chi connectivity index (χ4n) is 4.61. The van der Waals surface area contributed by atoms with Crippen LogP contribution in [-0.4, -0.2) is 29.7 Å². The summed E-state index contributed by atoms with van der Waals surface area (Å²) < 4.78 is 5.00. The molecule has 2 aliphatic rings. The Bertz CT molecular complexity index is 1150. The molecule has 4 rings (SSSR count). The Morgan fingerprint density at radius 3 is 2.44 bits per heavy atom. The van der Waals surface area contributed by atoms with Gasteiger partial charge in [-0.1, -0.05) is 50.2 Å². The first kappa shape index (κ1) is 21.9. The molecule has 32 heavy (non-hydrogen) atoms. The molecule has 7 heteroatoms. The number of hydrogen-bond donors (Lipinski definition) is 1. The van der Waals surface area contributed by atoms with Gasteiger partial charge in [0.1, 0.15) is 12.2 Å². The van der Waals surface area contributed by atoms with Gasteiger partial charge in [-0.05, 0) is 13.0 Å². The van der Waals surface area contributed by atoms with Crippen LogP contribution in [0, 0.1) is 5.92 Å². The molecule has 0 radical (unpaired) electrons. The first-order valence-corrected chi connectivity index (χ1v) is 10.7. The number of ether oxygens (including phenoxy) is 1. The number of nitrogens with zero attached hydrogens (tertiary/aromatic N) is 1. The maximum absolute atomic E-state index is 13.7. The number of Topliss-reactive ketones (excluding diaryl/α,β-unsaturated/α-hetero) is 2. The summed E-state index contributed by atoms with van der Waals surface area (Å²) in [7, 11) is 0. The molecule has 4 bridgehead atoms. The van der Waals surface area contributed by atoms with E-state index in [4.69, 9.17) is 15.3 Å². The number of hydrogen-bond acceptors (Lipinski definition) is 6. The SMILES string of the molecule is CCOC(=O)C1(C(C)C)O[N+]2(Cc3ccccc3)C(C)=C(N)c3c(cccc32)C(=O)C1=O. The highest BCUT2D eigenvalue weighted by Gasteiger charge is 2.65. The van der Waals surface area contributed by atoms with Crippen molar-refractivity contribution in [2.75, 3.05) is 6.61 Å². The number of benzene rings is 2. The molecule has 2 aromatic rings. The van der Waals surface area contributed by atoms with E-state index >= 15 is 0 Å². The van der Waals surface area contributed by atoms with Gasteiger partial charge in [0, 0.05) is 30.0 Å². The number of hydroxylamine groups is 2. The Hall–Kier alpha value is -3.29. The van der Waals surface area contributed by atoms with E-state index in [1.807, 2.05) is 36.4 Å². The van der Waals surface area contributed by atoms with Crippen LogP contribution < -0.4 is 10.4 Å². The lowest BCUT2D eigenvalue weighted by atomic mass is 9.81. The van der Waals surface area contributed by atoms with Crippen LogP contribution in [0.3, 0.4) is 0 Å². The van der Waals surface area contributed by atoms with Crippen molar-refractivity contribution in [1.29, 1.82) is 0 Å². The summed E-state index contributed by atoms with van der Waals surface area (Å²) in [5.74, 6) is -3.30. The van der Waals surface area contributed by atoms with Crippen molar-refractivity contribution in [1.82, 2.24) is 4.65 Å². The number of carbonyl (C=O) groups is 3. The topological polar surface area (TPSA) is 95.7 Å². The van der Waals surface area contributed by atoms with Gasteiger partial charge in [0.2, 0.25) is 5.78 Å². The van der Waals surface area contributed by atoms with Crippen molar-refractivity contribution in [2.45, 2.75) is 39.8 Å². The number of nitrogens with two attached hydrogens (primary N) is 1. The molecule has 2 aliphatic heterocycles. The second kappa shape index (κ2) is 7.69. The number of carbonyl (C=O) groups excluding carboxylic acids is 3. The maximum atomic E-state index is 13.7. The van der Waals surface area contributed by atoms with Crippen LogP contribution in [0.1, 0.15) is 49.2 Å². The third-order valence-corrected chi connectivity index (χ3v) is 6.36. The molecule has 2 atom stereocenters. The van der Waals surface area contributed by atoms with Crippen molar-refractivity contribution in [3.8, 4) is 0 Å². The monoisotopic (exact) mass is 435 g/mol. The molecule has 2 unspecified atom stereocenters. The van der Waals surface area contributed by atoms with Gasteiger partial charge >= 0.3 is 5.97 Å². The van der Waals surface area contributed by atoms with E-state index in [-0.39, 0.29) is 23.4 Å². The van der Waals surface area contributed by atoms with Crippen LogP contribution in [0.5, 0.6) is 0 Å². The molecular weight excluding hydrogens is 408 g/mol. The van der Waals surface area contributed by atoms with E-state index in [0.717, 1.165) is 5.56 Å². The van der Waals surface area contributed by atoms with Crippen LogP contribution >= 0.6 is 0 Å². The zero-order chi connectivity index (χ0) is 23.3. The molecule has 2 N–H and O–H groups in total. The van der Waals surface area contributed by atoms with Gasteiger partial charge in [0.25, 0.3) is 11.4 Å². The minimum atomic E-state index is -2.13. The zero-order valence-corrected chi connectivity index (χ0v) is 18.7. The Balaban J connectivity index is 2.07. The Morgan fingerprint density at radius 1 is 1.12 bits per heavy atom. The van der Waals surface area contributed by atoms with Crippen molar-refractivity contribution >= 4 is 28.9 Å². The minimum absolute atomic E-state index is 0.0460. The van der Waals surface area contributed by atoms with Gasteiger partial charge in [-0.3, -0.25) is 9.59 Å². The summed E-state index contributed by atoms with van der Waals surface area (Å²) in [6.45, 7) is 7.13. The van der Waals surface area contributed by atoms with E-state index in [1.54, 1.807) is 39.8 Å². The molecule has 0 spiro atoms. The molecule has 2 heterocycles. The van der Waals surface area contributed by atoms with E-state index in [1.165, 1.54) is 0 Å². The van der Waals surface area contributed by atoms with Gasteiger partial charge < -0.3 is 10.5 Å². The normalized spacial score (nSPS) is 24.5. The van der Waals surface area contributed by atoms with E-state index in [9.17, 15) is 14.4 Å². The van der Waals surface area contributed by atoms with Gasteiger partial charge in [-0.15, -0.1) is 4.65 Å². The fraction of sp³-hybridized carbons (Fsp3) is 0.320. The average Bonchev–Trinajstić information content (AvgIpc) is 2.99. The number of quaternary nitrogens is 1. The van der Waals surface area contributed by atoms with Crippen LogP contribution in [0.25, 0.3) is 5.70 Å². The summed E-state index contributed by atoms with van der Waals surface area (Å²) in [6.07, 6.45) is 0. The first-order chi connectivity index (χ1) is 15.2. The van der Waals surface area contributed by atoms with Crippen molar-refractivity contribution in [3.05, 3.63) is 70.9 Å². The lowest BCUT2D eigenvalue weighted by Gasteiger charge is -2.42. The van der Waals surface area contributed by atoms with E-state index < -0.39 is 29.1 Å². The fourth-order valence-corrected chi connectivity index (χ4v) is 4.61. The average molecular weight is 436 g/mol. The van der Waals surface area contributed by atoms with Gasteiger partial charge in [-0.2, -0.15) is 4.84 Å². The third kappa shape index (κ3) is 2.85. The second-order valence-corrected chi connectivity index (χ2v) is 8.44. The molecule has 7 nitrogen and oxygen atoms in total. The Kier molecular flexibility index (Phi) is 5.27. The molecule has 0 aliphatic carbocycles. The van der Waals surface area contributed by atoms with Crippen LogP contribution in [0.4, 0.5) is 5.69 Å². The summed E-state index contributed by atoms with van der Waals surface area (Å²) in [5, 5.41) is 0. The maximum Gasteiger partial charge on any atom is 0.353 e. The van der Waals surface area contributed by atoms with Crippen LogP contribution in [0.2, 0.25) is 0 Å². The zero-order valence-electron chi connectivity index (χ0n) is 18.7. The summed E-state index contributed by atoms with van der Waals surface area (Å²) in [6, 6.07) is 14.7. The van der Waals surface area contributed by atoms with Crippen LogP contribution in [-0.2, 0) is 25.7 Å². The minimum Gasteiger partial charge on any atom is -0.463 e. The molecule has 166 valence electrons.